The van der Waals surface area contributed by atoms with Crippen LogP contribution in [0.2, 0.25) is 0 Å². The maximum atomic E-state index is 13.2. The van der Waals surface area contributed by atoms with E-state index >= 15 is 0 Å². The van der Waals surface area contributed by atoms with Crippen molar-refractivity contribution in [3.05, 3.63) is 125 Å². The largest absolute Gasteiger partial charge is 0.497 e. The monoisotopic (exact) mass is 601 g/mol. The first-order chi connectivity index (χ1) is 20.9. The molecule has 43 heavy (non-hydrogen) atoms. The molecule has 5 aromatic rings. The average molecular weight is 602 g/mol. The molecule has 0 unspecified atom stereocenters. The number of nitrogens with zero attached hydrogens (tertiary/aromatic N) is 2. The molecule has 0 saturated carbocycles. The van der Waals surface area contributed by atoms with Crippen LogP contribution in [0, 0.1) is 11.3 Å². The van der Waals surface area contributed by atoms with Gasteiger partial charge in [0.15, 0.2) is 5.78 Å². The number of anilines is 1. The van der Waals surface area contributed by atoms with E-state index in [1.54, 1.807) is 61.8 Å². The van der Waals surface area contributed by atoms with Gasteiger partial charge in [-0.3, -0.25) is 9.59 Å². The highest BCUT2D eigenvalue weighted by molar-refractivity contribution is 8.00. The first-order valence-corrected chi connectivity index (χ1v) is 15.2. The second kappa shape index (κ2) is 13.8. The Morgan fingerprint density at radius 2 is 1.72 bits per heavy atom. The van der Waals surface area contributed by atoms with Crippen molar-refractivity contribution in [2.24, 2.45) is 0 Å². The van der Waals surface area contributed by atoms with Crippen LogP contribution in [0.15, 0.2) is 114 Å². The summed E-state index contributed by atoms with van der Waals surface area (Å²) in [5, 5.41) is 15.0. The van der Waals surface area contributed by atoms with Crippen molar-refractivity contribution in [3.63, 3.8) is 0 Å². The molecule has 0 aliphatic rings. The van der Waals surface area contributed by atoms with Crippen molar-refractivity contribution in [3.8, 4) is 34.2 Å². The Kier molecular flexibility index (Phi) is 9.47. The van der Waals surface area contributed by atoms with Crippen LogP contribution in [0.3, 0.4) is 0 Å². The molecule has 2 aromatic heterocycles. The molecule has 5 rings (SSSR count). The van der Waals surface area contributed by atoms with Crippen molar-refractivity contribution in [2.45, 2.75) is 17.2 Å². The Bertz CT molecular complexity index is 1790. The standard InChI is InChI=1S/C35H27N3O3S2/c1-23(34(40)37-27-14-10-26(11-15-27)33(39)19-18-29-9-6-20-42-29)43-35-31(22-36)30(24-7-4-3-5-8-24)21-32(38-35)25-12-16-28(41-2)17-13-25/h3-21,23H,1-2H3,(H,37,40)/b19-18+/t23-/m0/s1. The highest BCUT2D eigenvalue weighted by Crippen LogP contribution is 2.36. The van der Waals surface area contributed by atoms with Crippen LogP contribution in [0.1, 0.15) is 27.7 Å². The Labute approximate surface area is 258 Å². The topological polar surface area (TPSA) is 92.1 Å². The van der Waals surface area contributed by atoms with Gasteiger partial charge in [-0.15, -0.1) is 11.3 Å². The highest BCUT2D eigenvalue weighted by atomic mass is 32.2. The number of aromatic nitrogens is 1. The second-order valence-electron chi connectivity index (χ2n) is 9.48. The number of thioether (sulfide) groups is 1. The molecule has 0 aliphatic carbocycles. The number of ketones is 1. The van der Waals surface area contributed by atoms with Gasteiger partial charge in [-0.2, -0.15) is 5.26 Å². The molecule has 0 saturated heterocycles. The molecule has 212 valence electrons. The van der Waals surface area contributed by atoms with E-state index in [0.29, 0.717) is 27.5 Å². The van der Waals surface area contributed by atoms with Gasteiger partial charge < -0.3 is 10.1 Å². The number of nitriles is 1. The van der Waals surface area contributed by atoms with Crippen molar-refractivity contribution >= 4 is 46.6 Å². The van der Waals surface area contributed by atoms with Gasteiger partial charge in [-0.1, -0.05) is 48.2 Å². The molecule has 0 fully saturated rings. The number of nitrogens with one attached hydrogen (secondary N) is 1. The average Bonchev–Trinajstić information content (AvgIpc) is 3.58. The van der Waals surface area contributed by atoms with Crippen molar-refractivity contribution in [1.29, 1.82) is 5.26 Å². The number of carbonyl (C=O) groups excluding carboxylic acids is 2. The lowest BCUT2D eigenvalue weighted by atomic mass is 9.99. The molecule has 1 atom stereocenters. The Hall–Kier alpha value is -4.97. The van der Waals surface area contributed by atoms with Crippen LogP contribution in [-0.2, 0) is 4.79 Å². The third-order valence-corrected chi connectivity index (χ3v) is 8.53. The van der Waals surface area contributed by atoms with Crippen molar-refractivity contribution < 1.29 is 14.3 Å². The third kappa shape index (κ3) is 7.28. The molecule has 0 aliphatic heterocycles. The molecular formula is C35H27N3O3S2. The molecule has 6 nitrogen and oxygen atoms in total. The van der Waals surface area contributed by atoms with E-state index in [-0.39, 0.29) is 11.7 Å². The van der Waals surface area contributed by atoms with E-state index in [4.69, 9.17) is 9.72 Å². The van der Waals surface area contributed by atoms with E-state index in [1.165, 1.54) is 11.8 Å². The number of methoxy groups -OCH3 is 1. The maximum Gasteiger partial charge on any atom is 0.237 e. The summed E-state index contributed by atoms with van der Waals surface area (Å²) in [5.41, 5.74) is 4.68. The zero-order valence-corrected chi connectivity index (χ0v) is 25.1. The van der Waals surface area contributed by atoms with Crippen LogP contribution >= 0.6 is 23.1 Å². The smallest absolute Gasteiger partial charge is 0.237 e. The quantitative estimate of drug-likeness (QED) is 0.0982. The van der Waals surface area contributed by atoms with E-state index in [1.807, 2.05) is 78.2 Å². The number of hydrogen-bond acceptors (Lipinski definition) is 7. The van der Waals surface area contributed by atoms with Crippen LogP contribution in [0.5, 0.6) is 5.75 Å². The van der Waals surface area contributed by atoms with Gasteiger partial charge in [0.25, 0.3) is 0 Å². The lowest BCUT2D eigenvalue weighted by molar-refractivity contribution is -0.115. The maximum absolute atomic E-state index is 13.2. The molecule has 3 aromatic carbocycles. The number of allylic oxidation sites excluding steroid dienone is 1. The molecular weight excluding hydrogens is 575 g/mol. The minimum absolute atomic E-state index is 0.115. The van der Waals surface area contributed by atoms with Crippen molar-refractivity contribution in [1.82, 2.24) is 4.98 Å². The Balaban J connectivity index is 1.36. The Morgan fingerprint density at radius 1 is 0.977 bits per heavy atom. The zero-order chi connectivity index (χ0) is 30.2. The molecule has 1 amide bonds. The third-order valence-electron chi connectivity index (χ3n) is 6.61. The number of pyridine rings is 1. The van der Waals surface area contributed by atoms with Gasteiger partial charge in [0.2, 0.25) is 5.91 Å². The van der Waals surface area contributed by atoms with Gasteiger partial charge in [0.05, 0.1) is 23.6 Å². The van der Waals surface area contributed by atoms with Gasteiger partial charge in [-0.25, -0.2) is 4.98 Å². The fourth-order valence-corrected chi connectivity index (χ4v) is 5.84. The number of carbonyl (C=O) groups is 2. The summed E-state index contributed by atoms with van der Waals surface area (Å²) in [5.74, 6) is 0.368. The minimum Gasteiger partial charge on any atom is -0.497 e. The first kappa shape index (κ1) is 29.5. The summed E-state index contributed by atoms with van der Waals surface area (Å²) < 4.78 is 5.30. The number of amides is 1. The van der Waals surface area contributed by atoms with Gasteiger partial charge in [0, 0.05) is 27.3 Å². The predicted octanol–water partition coefficient (Wildman–Crippen LogP) is 8.37. The molecule has 2 heterocycles. The molecule has 0 bridgehead atoms. The fraction of sp³-hybridized carbons (Fsp3) is 0.0857. The van der Waals surface area contributed by atoms with Crippen LogP contribution in [-0.4, -0.2) is 29.0 Å². The summed E-state index contributed by atoms with van der Waals surface area (Å²) >= 11 is 2.79. The summed E-state index contributed by atoms with van der Waals surface area (Å²) in [6.45, 7) is 1.78. The van der Waals surface area contributed by atoms with E-state index < -0.39 is 5.25 Å². The normalized spacial score (nSPS) is 11.6. The number of ether oxygens (including phenoxy) is 1. The molecule has 8 heteroatoms. The highest BCUT2D eigenvalue weighted by Gasteiger charge is 2.22. The number of benzene rings is 3. The van der Waals surface area contributed by atoms with E-state index in [9.17, 15) is 14.9 Å². The first-order valence-electron chi connectivity index (χ1n) is 13.4. The Morgan fingerprint density at radius 3 is 2.37 bits per heavy atom. The zero-order valence-electron chi connectivity index (χ0n) is 23.5. The van der Waals surface area contributed by atoms with Crippen LogP contribution in [0.4, 0.5) is 5.69 Å². The molecule has 0 radical (unpaired) electrons. The van der Waals surface area contributed by atoms with Crippen LogP contribution < -0.4 is 10.1 Å². The second-order valence-corrected chi connectivity index (χ2v) is 11.8. The summed E-state index contributed by atoms with van der Waals surface area (Å²) in [6, 6.07) is 32.1. The van der Waals surface area contributed by atoms with Crippen LogP contribution in [0.25, 0.3) is 28.5 Å². The van der Waals surface area contributed by atoms with E-state index in [0.717, 1.165) is 27.3 Å². The van der Waals surface area contributed by atoms with Crippen molar-refractivity contribution in [2.75, 3.05) is 12.4 Å². The number of rotatable bonds is 10. The lowest BCUT2D eigenvalue weighted by Crippen LogP contribution is -2.22. The van der Waals surface area contributed by atoms with Gasteiger partial charge in [-0.05, 0) is 90.7 Å². The predicted molar refractivity (Wildman–Crippen MR) is 174 cm³/mol. The minimum atomic E-state index is -0.565. The van der Waals surface area contributed by atoms with Gasteiger partial charge in [0.1, 0.15) is 16.8 Å². The molecule has 1 N–H and O–H groups in total. The fourth-order valence-electron chi connectivity index (χ4n) is 4.29. The lowest BCUT2D eigenvalue weighted by Gasteiger charge is -2.16. The summed E-state index contributed by atoms with van der Waals surface area (Å²) in [6.07, 6.45) is 3.33. The van der Waals surface area contributed by atoms with E-state index in [2.05, 4.69) is 11.4 Å². The van der Waals surface area contributed by atoms with Gasteiger partial charge >= 0.3 is 0 Å². The summed E-state index contributed by atoms with van der Waals surface area (Å²) in [7, 11) is 1.61. The number of hydrogen-bond donors (Lipinski definition) is 1. The number of thiophene rings is 1. The summed E-state index contributed by atoms with van der Waals surface area (Å²) in [4.78, 5) is 31.6. The molecule has 0 spiro atoms. The SMILES string of the molecule is COc1ccc(-c2cc(-c3ccccc3)c(C#N)c(S[C@@H](C)C(=O)Nc3ccc(C(=O)/C=C/c4cccs4)cc3)n2)cc1.